The number of benzene rings is 1. The van der Waals surface area contributed by atoms with Gasteiger partial charge in [0, 0.05) is 36.9 Å². The Morgan fingerprint density at radius 3 is 2.41 bits per heavy atom. The standard InChI is InChI=1S/C25H21N3O4/c1-2-13-32-20-9-7-18(8-10-20)23(29)21-22(19-6-4-12-27-15-19)28(25(31)24(21)30)16-17-5-3-11-26-14-17/h2-12,14-15,22,29H,1,13,16H2/b23-21-. The zero-order chi connectivity index (χ0) is 22.5. The first-order chi connectivity index (χ1) is 15.6. The highest BCUT2D eigenvalue weighted by atomic mass is 16.5. The SMILES string of the molecule is C=CCOc1ccc(/C(O)=C2/C(=O)C(=O)N(Cc3cccnc3)C2c2cccnc2)cc1. The van der Waals surface area contributed by atoms with Gasteiger partial charge in [-0.15, -0.1) is 0 Å². The van der Waals surface area contributed by atoms with Crippen LogP contribution in [0.3, 0.4) is 0 Å². The molecule has 0 aliphatic carbocycles. The highest BCUT2D eigenvalue weighted by Crippen LogP contribution is 2.40. The van der Waals surface area contributed by atoms with Crippen LogP contribution in [0.4, 0.5) is 0 Å². The molecule has 0 bridgehead atoms. The molecular weight excluding hydrogens is 406 g/mol. The molecule has 1 aliphatic rings. The smallest absolute Gasteiger partial charge is 0.295 e. The number of carbonyl (C=O) groups is 2. The van der Waals surface area contributed by atoms with E-state index in [4.69, 9.17) is 4.74 Å². The second kappa shape index (κ2) is 9.26. The minimum atomic E-state index is -0.777. The number of pyridine rings is 2. The van der Waals surface area contributed by atoms with E-state index < -0.39 is 17.7 Å². The maximum absolute atomic E-state index is 13.0. The van der Waals surface area contributed by atoms with Crippen molar-refractivity contribution in [2.45, 2.75) is 12.6 Å². The number of aliphatic hydroxyl groups is 1. The van der Waals surface area contributed by atoms with Crippen molar-refractivity contribution < 1.29 is 19.4 Å². The number of hydrogen-bond donors (Lipinski definition) is 1. The van der Waals surface area contributed by atoms with Crippen molar-refractivity contribution in [2.75, 3.05) is 6.61 Å². The summed E-state index contributed by atoms with van der Waals surface area (Å²) in [6, 6.07) is 13.0. The van der Waals surface area contributed by atoms with E-state index in [1.807, 2.05) is 6.07 Å². The molecule has 1 aromatic carbocycles. The summed E-state index contributed by atoms with van der Waals surface area (Å²) in [5.74, 6) is -1.08. The maximum Gasteiger partial charge on any atom is 0.295 e. The Hall–Kier alpha value is -4.26. The van der Waals surface area contributed by atoms with E-state index >= 15 is 0 Å². The van der Waals surface area contributed by atoms with Crippen LogP contribution in [-0.2, 0) is 16.1 Å². The van der Waals surface area contributed by atoms with Crippen molar-refractivity contribution in [3.8, 4) is 5.75 Å². The highest BCUT2D eigenvalue weighted by molar-refractivity contribution is 6.46. The second-order valence-electron chi connectivity index (χ2n) is 7.20. The van der Waals surface area contributed by atoms with Crippen LogP contribution >= 0.6 is 0 Å². The van der Waals surface area contributed by atoms with Crippen molar-refractivity contribution in [3.63, 3.8) is 0 Å². The van der Waals surface area contributed by atoms with Crippen LogP contribution in [0.1, 0.15) is 22.7 Å². The normalized spacial score (nSPS) is 17.4. The Bertz CT molecular complexity index is 1160. The van der Waals surface area contributed by atoms with Gasteiger partial charge in [0.1, 0.15) is 18.1 Å². The molecule has 0 spiro atoms. The average molecular weight is 427 g/mol. The van der Waals surface area contributed by atoms with Gasteiger partial charge in [-0.2, -0.15) is 0 Å². The third-order valence-corrected chi connectivity index (χ3v) is 5.11. The summed E-state index contributed by atoms with van der Waals surface area (Å²) in [5, 5.41) is 11.1. The molecule has 1 amide bonds. The monoisotopic (exact) mass is 427 g/mol. The highest BCUT2D eigenvalue weighted by Gasteiger charge is 2.46. The van der Waals surface area contributed by atoms with Gasteiger partial charge in [0.05, 0.1) is 11.6 Å². The molecule has 1 atom stereocenters. The molecule has 3 aromatic rings. The fourth-order valence-corrected chi connectivity index (χ4v) is 3.64. The first-order valence-electron chi connectivity index (χ1n) is 10.0. The van der Waals surface area contributed by atoms with Crippen molar-refractivity contribution in [3.05, 3.63) is 108 Å². The third-order valence-electron chi connectivity index (χ3n) is 5.11. The van der Waals surface area contributed by atoms with Crippen molar-refractivity contribution in [1.29, 1.82) is 0 Å². The fourth-order valence-electron chi connectivity index (χ4n) is 3.64. The molecule has 160 valence electrons. The summed E-state index contributed by atoms with van der Waals surface area (Å²) in [5.41, 5.74) is 1.82. The van der Waals surface area contributed by atoms with Crippen LogP contribution in [0.2, 0.25) is 0 Å². The minimum absolute atomic E-state index is 0.0200. The Morgan fingerprint density at radius 2 is 1.78 bits per heavy atom. The van der Waals surface area contributed by atoms with Crippen LogP contribution < -0.4 is 4.74 Å². The summed E-state index contributed by atoms with van der Waals surface area (Å²) in [4.78, 5) is 35.7. The van der Waals surface area contributed by atoms with Gasteiger partial charge in [-0.05, 0) is 47.5 Å². The Labute approximate surface area is 185 Å². The molecule has 1 unspecified atom stereocenters. The summed E-state index contributed by atoms with van der Waals surface area (Å²) in [6.07, 6.45) is 8.11. The van der Waals surface area contributed by atoms with Gasteiger partial charge in [0.15, 0.2) is 0 Å². The summed E-state index contributed by atoms with van der Waals surface area (Å²) in [7, 11) is 0. The summed E-state index contributed by atoms with van der Waals surface area (Å²) in [6.45, 7) is 4.13. The topological polar surface area (TPSA) is 92.6 Å². The lowest BCUT2D eigenvalue weighted by Gasteiger charge is -2.25. The van der Waals surface area contributed by atoms with E-state index in [0.29, 0.717) is 23.5 Å². The van der Waals surface area contributed by atoms with Crippen LogP contribution in [0.25, 0.3) is 5.76 Å². The number of nitrogens with zero attached hydrogens (tertiary/aromatic N) is 3. The molecule has 32 heavy (non-hydrogen) atoms. The van der Waals surface area contributed by atoms with Gasteiger partial charge in [0.2, 0.25) is 0 Å². The zero-order valence-electron chi connectivity index (χ0n) is 17.2. The van der Waals surface area contributed by atoms with E-state index in [1.54, 1.807) is 73.3 Å². The molecule has 1 N–H and O–H groups in total. The lowest BCUT2D eigenvalue weighted by molar-refractivity contribution is -0.140. The third kappa shape index (κ3) is 4.13. The fraction of sp³-hybridized carbons (Fsp3) is 0.120. The van der Waals surface area contributed by atoms with E-state index in [0.717, 1.165) is 5.56 Å². The van der Waals surface area contributed by atoms with E-state index in [2.05, 4.69) is 16.5 Å². The van der Waals surface area contributed by atoms with Gasteiger partial charge in [-0.1, -0.05) is 24.8 Å². The lowest BCUT2D eigenvalue weighted by Crippen LogP contribution is -2.29. The number of likely N-dealkylation sites (tertiary alicyclic amines) is 1. The van der Waals surface area contributed by atoms with E-state index in [-0.39, 0.29) is 17.9 Å². The number of rotatable bonds is 7. The van der Waals surface area contributed by atoms with E-state index in [1.165, 1.54) is 4.90 Å². The molecule has 3 heterocycles. The van der Waals surface area contributed by atoms with Crippen molar-refractivity contribution in [2.24, 2.45) is 0 Å². The number of ketones is 1. The molecule has 7 nitrogen and oxygen atoms in total. The Morgan fingerprint density at radius 1 is 1.06 bits per heavy atom. The maximum atomic E-state index is 13.0. The number of ether oxygens (including phenoxy) is 1. The number of amides is 1. The number of carbonyl (C=O) groups excluding carboxylic acids is 2. The van der Waals surface area contributed by atoms with Gasteiger partial charge in [0.25, 0.3) is 11.7 Å². The van der Waals surface area contributed by atoms with Crippen LogP contribution in [-0.4, -0.2) is 38.3 Å². The van der Waals surface area contributed by atoms with E-state index in [9.17, 15) is 14.7 Å². The van der Waals surface area contributed by atoms with Gasteiger partial charge >= 0.3 is 0 Å². The van der Waals surface area contributed by atoms with Crippen LogP contribution in [0, 0.1) is 0 Å². The molecule has 1 saturated heterocycles. The van der Waals surface area contributed by atoms with Gasteiger partial charge in [-0.25, -0.2) is 0 Å². The van der Waals surface area contributed by atoms with Crippen LogP contribution in [0.5, 0.6) is 5.75 Å². The number of aromatic nitrogens is 2. The molecule has 4 rings (SSSR count). The predicted octanol–water partition coefficient (Wildman–Crippen LogP) is 3.66. The zero-order valence-corrected chi connectivity index (χ0v) is 17.2. The van der Waals surface area contributed by atoms with Crippen molar-refractivity contribution in [1.82, 2.24) is 14.9 Å². The molecule has 7 heteroatoms. The van der Waals surface area contributed by atoms with Gasteiger partial charge < -0.3 is 14.7 Å². The molecule has 0 radical (unpaired) electrons. The largest absolute Gasteiger partial charge is 0.507 e. The average Bonchev–Trinajstić information content (AvgIpc) is 3.09. The first-order valence-corrected chi connectivity index (χ1v) is 10.0. The second-order valence-corrected chi connectivity index (χ2v) is 7.20. The molecule has 0 saturated carbocycles. The molecular formula is C25H21N3O4. The number of Topliss-reactive ketones (excluding diaryl/α,β-unsaturated/α-hetero) is 1. The van der Waals surface area contributed by atoms with Crippen molar-refractivity contribution >= 4 is 17.4 Å². The lowest BCUT2D eigenvalue weighted by atomic mass is 9.96. The van der Waals surface area contributed by atoms with Crippen LogP contribution in [0.15, 0.2) is 91.5 Å². The minimum Gasteiger partial charge on any atom is -0.507 e. The quantitative estimate of drug-likeness (QED) is 0.268. The molecule has 1 fully saturated rings. The predicted molar refractivity (Wildman–Crippen MR) is 118 cm³/mol. The first kappa shape index (κ1) is 21.0. The molecule has 2 aromatic heterocycles. The Kier molecular flexibility index (Phi) is 6.07. The Balaban J connectivity index is 1.77. The molecule has 1 aliphatic heterocycles. The van der Waals surface area contributed by atoms with Gasteiger partial charge in [-0.3, -0.25) is 19.6 Å². The summed E-state index contributed by atoms with van der Waals surface area (Å²) >= 11 is 0. The number of hydrogen-bond acceptors (Lipinski definition) is 6. The summed E-state index contributed by atoms with van der Waals surface area (Å²) < 4.78 is 5.47. The number of aliphatic hydroxyl groups excluding tert-OH is 1.